The molecule has 6 nitrogen and oxygen atoms in total. The van der Waals surface area contributed by atoms with Crippen molar-refractivity contribution in [2.75, 3.05) is 5.32 Å². The van der Waals surface area contributed by atoms with Crippen LogP contribution >= 0.6 is 15.9 Å². The lowest BCUT2D eigenvalue weighted by molar-refractivity contribution is 0.627. The highest BCUT2D eigenvalue weighted by molar-refractivity contribution is 9.10. The largest absolute Gasteiger partial charge is 0.350 e. The molecule has 0 amide bonds. The molecular formula is C17H12BrFN6. The van der Waals surface area contributed by atoms with E-state index in [0.717, 1.165) is 20.9 Å². The van der Waals surface area contributed by atoms with Gasteiger partial charge in [0.05, 0.1) is 5.52 Å². The van der Waals surface area contributed by atoms with Gasteiger partial charge in [-0.25, -0.2) is 19.0 Å². The van der Waals surface area contributed by atoms with Crippen molar-refractivity contribution in [1.82, 2.24) is 24.7 Å². The van der Waals surface area contributed by atoms with Gasteiger partial charge in [0.1, 0.15) is 18.5 Å². The smallest absolute Gasteiger partial charge is 0.225 e. The molecule has 0 saturated carbocycles. The van der Waals surface area contributed by atoms with E-state index in [4.69, 9.17) is 0 Å². The van der Waals surface area contributed by atoms with E-state index < -0.39 is 0 Å². The van der Waals surface area contributed by atoms with Crippen LogP contribution in [0.5, 0.6) is 0 Å². The number of anilines is 1. The van der Waals surface area contributed by atoms with Crippen LogP contribution in [0.4, 0.5) is 10.3 Å². The quantitative estimate of drug-likeness (QED) is 0.567. The number of hydrogen-bond donors (Lipinski definition) is 1. The number of hydrogen-bond acceptors (Lipinski definition) is 5. The van der Waals surface area contributed by atoms with E-state index in [0.29, 0.717) is 18.3 Å². The van der Waals surface area contributed by atoms with Crippen molar-refractivity contribution < 1.29 is 4.39 Å². The SMILES string of the molecule is Fc1ccc(CNc2nc(-n3cncn3)c3cc(Br)ccc3n2)cc1. The van der Waals surface area contributed by atoms with Crippen LogP contribution in [-0.4, -0.2) is 24.7 Å². The van der Waals surface area contributed by atoms with Crippen LogP contribution in [0.15, 0.2) is 59.6 Å². The fourth-order valence-corrected chi connectivity index (χ4v) is 2.80. The summed E-state index contributed by atoms with van der Waals surface area (Å²) in [6.07, 6.45) is 3.05. The summed E-state index contributed by atoms with van der Waals surface area (Å²) < 4.78 is 15.5. The molecule has 1 N–H and O–H groups in total. The van der Waals surface area contributed by atoms with E-state index in [-0.39, 0.29) is 5.82 Å². The van der Waals surface area contributed by atoms with Gasteiger partial charge in [-0.05, 0) is 35.9 Å². The van der Waals surface area contributed by atoms with Crippen molar-refractivity contribution in [3.8, 4) is 5.82 Å². The number of rotatable bonds is 4. The Kier molecular flexibility index (Phi) is 4.10. The van der Waals surface area contributed by atoms with Crippen LogP contribution in [0.25, 0.3) is 16.7 Å². The summed E-state index contributed by atoms with van der Waals surface area (Å²) in [6, 6.07) is 12.1. The summed E-state index contributed by atoms with van der Waals surface area (Å²) >= 11 is 3.47. The van der Waals surface area contributed by atoms with Crippen molar-refractivity contribution >= 4 is 32.8 Å². The third-order valence-electron chi connectivity index (χ3n) is 3.64. The average Bonchev–Trinajstić information content (AvgIpc) is 3.15. The van der Waals surface area contributed by atoms with Crippen LogP contribution in [0.1, 0.15) is 5.56 Å². The standard InChI is InChI=1S/C17H12BrFN6/c18-12-3-6-15-14(7-12)16(25-10-20-9-22-25)24-17(23-15)21-8-11-1-4-13(19)5-2-11/h1-7,9-10H,8H2,(H,21,23,24). The van der Waals surface area contributed by atoms with Gasteiger partial charge in [0.15, 0.2) is 5.82 Å². The summed E-state index contributed by atoms with van der Waals surface area (Å²) in [4.78, 5) is 13.1. The Morgan fingerprint density at radius 3 is 2.68 bits per heavy atom. The predicted molar refractivity (Wildman–Crippen MR) is 95.9 cm³/mol. The molecule has 0 bridgehead atoms. The minimum absolute atomic E-state index is 0.259. The molecule has 0 unspecified atom stereocenters. The Hall–Kier alpha value is -2.87. The summed E-state index contributed by atoms with van der Waals surface area (Å²) in [7, 11) is 0. The van der Waals surface area contributed by atoms with E-state index >= 15 is 0 Å². The highest BCUT2D eigenvalue weighted by Crippen LogP contribution is 2.24. The lowest BCUT2D eigenvalue weighted by atomic mass is 10.2. The van der Waals surface area contributed by atoms with Crippen LogP contribution in [0.2, 0.25) is 0 Å². The van der Waals surface area contributed by atoms with E-state index in [1.165, 1.54) is 18.5 Å². The lowest BCUT2D eigenvalue weighted by Crippen LogP contribution is -2.08. The number of aromatic nitrogens is 5. The molecule has 0 aliphatic carbocycles. The Labute approximate surface area is 150 Å². The Morgan fingerprint density at radius 2 is 1.92 bits per heavy atom. The second kappa shape index (κ2) is 6.56. The summed E-state index contributed by atoms with van der Waals surface area (Å²) in [5, 5.41) is 8.19. The lowest BCUT2D eigenvalue weighted by Gasteiger charge is -2.10. The Bertz CT molecular complexity index is 1020. The van der Waals surface area contributed by atoms with Gasteiger partial charge in [-0.3, -0.25) is 0 Å². The average molecular weight is 399 g/mol. The minimum atomic E-state index is -0.259. The normalized spacial score (nSPS) is 11.0. The second-order valence-corrected chi connectivity index (χ2v) is 6.27. The van der Waals surface area contributed by atoms with Crippen LogP contribution in [0.3, 0.4) is 0 Å². The summed E-state index contributed by atoms with van der Waals surface area (Å²) in [5.41, 5.74) is 1.72. The predicted octanol–water partition coefficient (Wildman–Crippen LogP) is 3.72. The van der Waals surface area contributed by atoms with E-state index in [1.807, 2.05) is 18.2 Å². The molecule has 0 atom stereocenters. The van der Waals surface area contributed by atoms with Crippen LogP contribution in [-0.2, 0) is 6.54 Å². The maximum atomic E-state index is 13.0. The number of halogens is 2. The molecule has 0 aliphatic rings. The monoisotopic (exact) mass is 398 g/mol. The van der Waals surface area contributed by atoms with Gasteiger partial charge in [0.25, 0.3) is 0 Å². The van der Waals surface area contributed by atoms with Crippen molar-refractivity contribution in [2.45, 2.75) is 6.54 Å². The first-order chi connectivity index (χ1) is 12.2. The van der Waals surface area contributed by atoms with Gasteiger partial charge in [-0.2, -0.15) is 10.1 Å². The van der Waals surface area contributed by atoms with Gasteiger partial charge >= 0.3 is 0 Å². The van der Waals surface area contributed by atoms with Crippen LogP contribution < -0.4 is 5.32 Å². The molecule has 25 heavy (non-hydrogen) atoms. The molecule has 2 aromatic carbocycles. The topological polar surface area (TPSA) is 68.5 Å². The first-order valence-electron chi connectivity index (χ1n) is 7.50. The fourth-order valence-electron chi connectivity index (χ4n) is 2.44. The molecule has 0 fully saturated rings. The number of fused-ring (bicyclic) bond motifs is 1. The van der Waals surface area contributed by atoms with Crippen molar-refractivity contribution in [1.29, 1.82) is 0 Å². The fraction of sp³-hybridized carbons (Fsp3) is 0.0588. The molecule has 4 rings (SSSR count). The van der Waals surface area contributed by atoms with Gasteiger partial charge in [0, 0.05) is 16.4 Å². The zero-order valence-electron chi connectivity index (χ0n) is 12.9. The van der Waals surface area contributed by atoms with Crippen LogP contribution in [0, 0.1) is 5.82 Å². The zero-order valence-corrected chi connectivity index (χ0v) is 14.5. The summed E-state index contributed by atoms with van der Waals surface area (Å²) in [5.74, 6) is 0.833. The third-order valence-corrected chi connectivity index (χ3v) is 4.13. The van der Waals surface area contributed by atoms with Crippen molar-refractivity contribution in [2.24, 2.45) is 0 Å². The number of nitrogens with one attached hydrogen (secondary N) is 1. The van der Waals surface area contributed by atoms with E-state index in [9.17, 15) is 4.39 Å². The third kappa shape index (κ3) is 3.34. The molecule has 4 aromatic rings. The molecule has 0 radical (unpaired) electrons. The molecule has 2 heterocycles. The van der Waals surface area contributed by atoms with Gasteiger partial charge in [-0.1, -0.05) is 28.1 Å². The number of nitrogens with zero attached hydrogens (tertiary/aromatic N) is 5. The van der Waals surface area contributed by atoms with E-state index in [1.54, 1.807) is 23.1 Å². The summed E-state index contributed by atoms with van der Waals surface area (Å²) in [6.45, 7) is 0.485. The van der Waals surface area contributed by atoms with Crippen molar-refractivity contribution in [3.63, 3.8) is 0 Å². The molecule has 0 saturated heterocycles. The molecule has 2 aromatic heterocycles. The van der Waals surface area contributed by atoms with Gasteiger partial charge in [-0.15, -0.1) is 0 Å². The maximum absolute atomic E-state index is 13.0. The Balaban J connectivity index is 1.72. The molecule has 0 spiro atoms. The minimum Gasteiger partial charge on any atom is -0.350 e. The van der Waals surface area contributed by atoms with E-state index in [2.05, 4.69) is 41.3 Å². The molecule has 124 valence electrons. The highest BCUT2D eigenvalue weighted by Gasteiger charge is 2.11. The first-order valence-corrected chi connectivity index (χ1v) is 8.29. The zero-order chi connectivity index (χ0) is 17.2. The second-order valence-electron chi connectivity index (χ2n) is 5.35. The molecule has 8 heteroatoms. The van der Waals surface area contributed by atoms with Gasteiger partial charge < -0.3 is 5.32 Å². The first kappa shape index (κ1) is 15.6. The number of benzene rings is 2. The van der Waals surface area contributed by atoms with Crippen molar-refractivity contribution in [3.05, 3.63) is 71.0 Å². The maximum Gasteiger partial charge on any atom is 0.225 e. The molecular weight excluding hydrogens is 387 g/mol. The van der Waals surface area contributed by atoms with Gasteiger partial charge in [0.2, 0.25) is 5.95 Å². The highest BCUT2D eigenvalue weighted by atomic mass is 79.9. The Morgan fingerprint density at radius 1 is 1.08 bits per heavy atom. The molecule has 0 aliphatic heterocycles.